The van der Waals surface area contributed by atoms with Gasteiger partial charge in [-0.25, -0.2) is 0 Å². The summed E-state index contributed by atoms with van der Waals surface area (Å²) in [6.07, 6.45) is 2.97. The van der Waals surface area contributed by atoms with Crippen LogP contribution in [0.2, 0.25) is 0 Å². The highest BCUT2D eigenvalue weighted by Gasteiger charge is 2.25. The molecule has 2 heterocycles. The summed E-state index contributed by atoms with van der Waals surface area (Å²) in [4.78, 5) is 14.0. The Balaban J connectivity index is 1.48. The van der Waals surface area contributed by atoms with Gasteiger partial charge in [-0.05, 0) is 60.9 Å². The number of fused-ring (bicyclic) bond motifs is 1. The lowest BCUT2D eigenvalue weighted by Crippen LogP contribution is -2.15. The van der Waals surface area contributed by atoms with Gasteiger partial charge in [0.2, 0.25) is 5.91 Å². The van der Waals surface area contributed by atoms with Crippen LogP contribution in [0.15, 0.2) is 29.4 Å². The van der Waals surface area contributed by atoms with Gasteiger partial charge in [-0.15, -0.1) is 21.5 Å². The van der Waals surface area contributed by atoms with Crippen LogP contribution in [-0.2, 0) is 24.2 Å². The number of thiophene rings is 1. The molecule has 0 saturated carbocycles. The molecule has 0 spiro atoms. The van der Waals surface area contributed by atoms with Gasteiger partial charge in [0, 0.05) is 17.0 Å². The zero-order chi connectivity index (χ0) is 24.2. The number of rotatable bonds is 8. The van der Waals surface area contributed by atoms with Gasteiger partial charge < -0.3 is 14.6 Å². The van der Waals surface area contributed by atoms with Crippen molar-refractivity contribution < 1.29 is 9.53 Å². The maximum Gasteiger partial charge on any atom is 0.235 e. The molecule has 1 aliphatic rings. The molecular weight excluding hydrogens is 466 g/mol. The molecule has 1 atom stereocenters. The van der Waals surface area contributed by atoms with Crippen LogP contribution in [0.25, 0.3) is 11.4 Å². The van der Waals surface area contributed by atoms with Crippen LogP contribution in [0.1, 0.15) is 43.2 Å². The quantitative estimate of drug-likeness (QED) is 0.421. The predicted molar refractivity (Wildman–Crippen MR) is 136 cm³/mol. The second-order valence-electron chi connectivity index (χ2n) is 9.04. The second kappa shape index (κ2) is 10.6. The number of hydrogen-bond acceptors (Lipinski definition) is 7. The van der Waals surface area contributed by atoms with Gasteiger partial charge in [-0.2, -0.15) is 5.26 Å². The summed E-state index contributed by atoms with van der Waals surface area (Å²) >= 11 is 2.91. The third-order valence-electron chi connectivity index (χ3n) is 5.82. The Kier molecular flexibility index (Phi) is 7.59. The van der Waals surface area contributed by atoms with Gasteiger partial charge in [0.15, 0.2) is 11.0 Å². The number of nitriles is 1. The van der Waals surface area contributed by atoms with Crippen molar-refractivity contribution in [1.82, 2.24) is 14.8 Å². The Bertz CT molecular complexity index is 1210. The zero-order valence-electron chi connectivity index (χ0n) is 19.9. The molecule has 9 heteroatoms. The highest BCUT2D eigenvalue weighted by molar-refractivity contribution is 7.99. The lowest BCUT2D eigenvalue weighted by atomic mass is 9.89. The Morgan fingerprint density at radius 3 is 2.79 bits per heavy atom. The predicted octanol–water partition coefficient (Wildman–Crippen LogP) is 5.40. The van der Waals surface area contributed by atoms with Crippen molar-refractivity contribution in [3.63, 3.8) is 0 Å². The van der Waals surface area contributed by atoms with E-state index in [-0.39, 0.29) is 11.7 Å². The van der Waals surface area contributed by atoms with Crippen molar-refractivity contribution in [2.45, 2.75) is 51.7 Å². The van der Waals surface area contributed by atoms with Crippen LogP contribution in [0, 0.1) is 23.2 Å². The van der Waals surface area contributed by atoms with E-state index in [0.29, 0.717) is 27.6 Å². The number of thioether (sulfide) groups is 1. The number of carbonyl (C=O) groups excluding carboxylic acids is 1. The molecule has 1 aromatic carbocycles. The fourth-order valence-corrected chi connectivity index (χ4v) is 6.25. The van der Waals surface area contributed by atoms with Crippen molar-refractivity contribution >= 4 is 34.0 Å². The van der Waals surface area contributed by atoms with E-state index in [2.05, 4.69) is 46.9 Å². The van der Waals surface area contributed by atoms with Crippen molar-refractivity contribution in [2.24, 2.45) is 11.8 Å². The lowest BCUT2D eigenvalue weighted by molar-refractivity contribution is -0.113. The standard InChI is InChI=1S/C25H29N5O2S2/c1-15(2)13-30-23(17-6-8-18(32-4)9-7-17)28-29-25(30)33-14-22(31)27-24-20(12-26)19-10-5-16(3)11-21(19)34-24/h6-9,15-16H,5,10-11,13-14H2,1-4H3,(H,27,31). The fourth-order valence-electron chi connectivity index (χ4n) is 4.13. The summed E-state index contributed by atoms with van der Waals surface area (Å²) in [7, 11) is 1.64. The van der Waals surface area contributed by atoms with E-state index in [1.165, 1.54) is 16.6 Å². The van der Waals surface area contributed by atoms with Crippen molar-refractivity contribution in [3.8, 4) is 23.2 Å². The van der Waals surface area contributed by atoms with Crippen LogP contribution in [0.4, 0.5) is 5.00 Å². The Morgan fingerprint density at radius 1 is 1.35 bits per heavy atom. The molecule has 1 N–H and O–H groups in total. The summed E-state index contributed by atoms with van der Waals surface area (Å²) in [5.74, 6) is 2.61. The first-order valence-corrected chi connectivity index (χ1v) is 13.2. The van der Waals surface area contributed by atoms with Crippen LogP contribution in [0.5, 0.6) is 5.75 Å². The van der Waals surface area contributed by atoms with Crippen molar-refractivity contribution in [2.75, 3.05) is 18.2 Å². The number of ether oxygens (including phenoxy) is 1. The molecule has 3 aromatic rings. The monoisotopic (exact) mass is 495 g/mol. The molecule has 0 saturated heterocycles. The average Bonchev–Trinajstić information content (AvgIpc) is 3.37. The van der Waals surface area contributed by atoms with Crippen molar-refractivity contribution in [3.05, 3.63) is 40.3 Å². The molecule has 4 rings (SSSR count). The van der Waals surface area contributed by atoms with Crippen molar-refractivity contribution in [1.29, 1.82) is 5.26 Å². The number of amides is 1. The van der Waals surface area contributed by atoms with Gasteiger partial charge in [-0.1, -0.05) is 32.5 Å². The molecule has 0 fully saturated rings. The van der Waals surface area contributed by atoms with Gasteiger partial charge in [0.25, 0.3) is 0 Å². The molecule has 1 aliphatic carbocycles. The molecule has 0 aliphatic heterocycles. The number of nitrogens with one attached hydrogen (secondary N) is 1. The van der Waals surface area contributed by atoms with E-state index < -0.39 is 0 Å². The van der Waals surface area contributed by atoms with E-state index in [1.54, 1.807) is 18.4 Å². The fraction of sp³-hybridized carbons (Fsp3) is 0.440. The van der Waals surface area contributed by atoms with E-state index in [4.69, 9.17) is 4.74 Å². The highest BCUT2D eigenvalue weighted by atomic mass is 32.2. The second-order valence-corrected chi connectivity index (χ2v) is 11.1. The van der Waals surface area contributed by atoms with Gasteiger partial charge in [0.1, 0.15) is 16.8 Å². The number of carbonyl (C=O) groups is 1. The normalized spacial score (nSPS) is 15.1. The van der Waals surface area contributed by atoms with Gasteiger partial charge in [0.05, 0.1) is 18.4 Å². The first-order valence-electron chi connectivity index (χ1n) is 11.4. The van der Waals surface area contributed by atoms with E-state index in [9.17, 15) is 10.1 Å². The third-order valence-corrected chi connectivity index (χ3v) is 7.96. The van der Waals surface area contributed by atoms with Gasteiger partial charge >= 0.3 is 0 Å². The Hall–Kier alpha value is -2.83. The molecular formula is C25H29N5O2S2. The summed E-state index contributed by atoms with van der Waals surface area (Å²) in [5.41, 5.74) is 2.70. The average molecular weight is 496 g/mol. The summed E-state index contributed by atoms with van der Waals surface area (Å²) in [6.45, 7) is 7.26. The molecule has 178 valence electrons. The van der Waals surface area contributed by atoms with Crippen LogP contribution in [-0.4, -0.2) is 33.5 Å². The first kappa shape index (κ1) is 24.3. The van der Waals surface area contributed by atoms with E-state index >= 15 is 0 Å². The highest BCUT2D eigenvalue weighted by Crippen LogP contribution is 2.39. The number of anilines is 1. The number of hydrogen-bond donors (Lipinski definition) is 1. The molecule has 0 radical (unpaired) electrons. The molecule has 1 unspecified atom stereocenters. The smallest absolute Gasteiger partial charge is 0.235 e. The zero-order valence-corrected chi connectivity index (χ0v) is 21.6. The molecule has 0 bridgehead atoms. The minimum atomic E-state index is -0.141. The maximum absolute atomic E-state index is 12.8. The minimum absolute atomic E-state index is 0.141. The first-order chi connectivity index (χ1) is 16.4. The number of nitrogens with zero attached hydrogens (tertiary/aromatic N) is 4. The summed E-state index contributed by atoms with van der Waals surface area (Å²) in [6, 6.07) is 10.0. The van der Waals surface area contributed by atoms with Crippen LogP contribution >= 0.6 is 23.1 Å². The lowest BCUT2D eigenvalue weighted by Gasteiger charge is -2.17. The van der Waals surface area contributed by atoms with E-state index in [0.717, 1.165) is 48.5 Å². The summed E-state index contributed by atoms with van der Waals surface area (Å²) in [5, 5.41) is 22.8. The minimum Gasteiger partial charge on any atom is -0.497 e. The summed E-state index contributed by atoms with van der Waals surface area (Å²) < 4.78 is 7.32. The maximum atomic E-state index is 12.8. The molecule has 7 nitrogen and oxygen atoms in total. The third kappa shape index (κ3) is 5.29. The number of benzene rings is 1. The van der Waals surface area contributed by atoms with E-state index in [1.807, 2.05) is 24.3 Å². The topological polar surface area (TPSA) is 92.8 Å². The van der Waals surface area contributed by atoms with Gasteiger partial charge in [-0.3, -0.25) is 4.79 Å². The number of methoxy groups -OCH3 is 1. The van der Waals surface area contributed by atoms with Crippen LogP contribution < -0.4 is 10.1 Å². The Morgan fingerprint density at radius 2 is 2.12 bits per heavy atom. The molecule has 1 amide bonds. The van der Waals surface area contributed by atoms with Crippen LogP contribution in [0.3, 0.4) is 0 Å². The number of aromatic nitrogens is 3. The SMILES string of the molecule is COc1ccc(-c2nnc(SCC(=O)Nc3sc4c(c3C#N)CCC(C)C4)n2CC(C)C)cc1. The molecule has 2 aromatic heterocycles. The molecule has 34 heavy (non-hydrogen) atoms. The largest absolute Gasteiger partial charge is 0.497 e. The Labute approximate surface area is 208 Å².